The number of carbonyl (C=O) groups is 2. The Morgan fingerprint density at radius 3 is 2.50 bits per heavy atom. The van der Waals surface area contributed by atoms with Crippen LogP contribution in [0.25, 0.3) is 0 Å². The van der Waals surface area contributed by atoms with Gasteiger partial charge in [-0.1, -0.05) is 30.3 Å². The first-order chi connectivity index (χ1) is 9.48. The molecule has 1 aromatic carbocycles. The van der Waals surface area contributed by atoms with Gasteiger partial charge in [-0.25, -0.2) is 0 Å². The van der Waals surface area contributed by atoms with E-state index in [1.165, 1.54) is 0 Å². The number of amides is 2. The predicted octanol–water partition coefficient (Wildman–Crippen LogP) is 0.453. The minimum Gasteiger partial charge on any atom is -0.369 e. The molecule has 0 saturated carbocycles. The highest BCUT2D eigenvalue weighted by Gasteiger charge is 2.41. The molecule has 108 valence electrons. The van der Waals surface area contributed by atoms with Crippen molar-refractivity contribution in [3.8, 4) is 0 Å². The number of rotatable bonds is 4. The highest BCUT2D eigenvalue weighted by atomic mass is 16.2. The molecule has 20 heavy (non-hydrogen) atoms. The van der Waals surface area contributed by atoms with Crippen molar-refractivity contribution in [3.05, 3.63) is 35.9 Å². The summed E-state index contributed by atoms with van der Waals surface area (Å²) >= 11 is 0. The fourth-order valence-corrected chi connectivity index (χ4v) is 2.64. The van der Waals surface area contributed by atoms with Crippen molar-refractivity contribution in [1.82, 2.24) is 4.90 Å². The Balaban J connectivity index is 2.13. The van der Waals surface area contributed by atoms with Gasteiger partial charge in [0.05, 0.1) is 11.3 Å². The zero-order valence-corrected chi connectivity index (χ0v) is 11.7. The van der Waals surface area contributed by atoms with E-state index in [1.807, 2.05) is 37.3 Å². The molecule has 2 atom stereocenters. The van der Waals surface area contributed by atoms with Gasteiger partial charge in [-0.05, 0) is 18.9 Å². The van der Waals surface area contributed by atoms with Gasteiger partial charge in [0.2, 0.25) is 11.8 Å². The molecule has 5 heteroatoms. The van der Waals surface area contributed by atoms with Crippen LogP contribution < -0.4 is 11.5 Å². The molecule has 0 spiro atoms. The van der Waals surface area contributed by atoms with Gasteiger partial charge in [-0.15, -0.1) is 0 Å². The average molecular weight is 275 g/mol. The number of benzene rings is 1. The highest BCUT2D eigenvalue weighted by Crippen LogP contribution is 2.31. The number of nitrogens with zero attached hydrogens (tertiary/aromatic N) is 1. The third-order valence-corrected chi connectivity index (χ3v) is 4.12. The zero-order valence-electron chi connectivity index (χ0n) is 11.7. The van der Waals surface area contributed by atoms with Gasteiger partial charge in [-0.3, -0.25) is 9.59 Å². The molecule has 5 nitrogen and oxygen atoms in total. The van der Waals surface area contributed by atoms with Crippen LogP contribution in [0.15, 0.2) is 30.3 Å². The molecule has 1 fully saturated rings. The predicted molar refractivity (Wildman–Crippen MR) is 76.7 cm³/mol. The third-order valence-electron chi connectivity index (χ3n) is 4.12. The maximum absolute atomic E-state index is 12.6. The van der Waals surface area contributed by atoms with Gasteiger partial charge in [0.1, 0.15) is 0 Å². The second-order valence-corrected chi connectivity index (χ2v) is 5.63. The summed E-state index contributed by atoms with van der Waals surface area (Å²) in [7, 11) is 0. The third kappa shape index (κ3) is 2.67. The van der Waals surface area contributed by atoms with Gasteiger partial charge in [0.15, 0.2) is 0 Å². The van der Waals surface area contributed by atoms with Gasteiger partial charge in [-0.2, -0.15) is 0 Å². The minimum atomic E-state index is -0.620. The summed E-state index contributed by atoms with van der Waals surface area (Å²) in [4.78, 5) is 25.7. The number of likely N-dealkylation sites (tertiary alicyclic amines) is 1. The molecule has 2 rings (SSSR count). The first-order valence-electron chi connectivity index (χ1n) is 6.81. The molecule has 1 aliphatic heterocycles. The molecule has 0 radical (unpaired) electrons. The molecule has 2 amide bonds. The van der Waals surface area contributed by atoms with E-state index in [1.54, 1.807) is 4.90 Å². The molecule has 1 aliphatic rings. The van der Waals surface area contributed by atoms with E-state index in [4.69, 9.17) is 11.5 Å². The Labute approximate surface area is 118 Å². The van der Waals surface area contributed by atoms with E-state index in [0.29, 0.717) is 19.5 Å². The Hall–Kier alpha value is -1.88. The number of primary amides is 1. The van der Waals surface area contributed by atoms with Crippen LogP contribution >= 0.6 is 0 Å². The van der Waals surface area contributed by atoms with Crippen molar-refractivity contribution >= 4 is 11.8 Å². The summed E-state index contributed by atoms with van der Waals surface area (Å²) in [6.07, 6.45) is 0.611. The first-order valence-corrected chi connectivity index (χ1v) is 6.81. The van der Waals surface area contributed by atoms with E-state index < -0.39 is 5.41 Å². The molecule has 1 saturated heterocycles. The van der Waals surface area contributed by atoms with Crippen LogP contribution in [-0.2, 0) is 9.59 Å². The topological polar surface area (TPSA) is 89.4 Å². The SMILES string of the molecule is CC1(C(N)=O)CCN(C(=O)C(CN)c2ccccc2)C1. The van der Waals surface area contributed by atoms with E-state index in [0.717, 1.165) is 5.56 Å². The summed E-state index contributed by atoms with van der Waals surface area (Å²) in [5.41, 5.74) is 11.5. The summed E-state index contributed by atoms with van der Waals surface area (Å²) in [5.74, 6) is -0.730. The van der Waals surface area contributed by atoms with Crippen molar-refractivity contribution in [2.75, 3.05) is 19.6 Å². The highest BCUT2D eigenvalue weighted by molar-refractivity contribution is 5.87. The second-order valence-electron chi connectivity index (χ2n) is 5.63. The van der Waals surface area contributed by atoms with Crippen molar-refractivity contribution < 1.29 is 9.59 Å². The average Bonchev–Trinajstić information content (AvgIpc) is 2.85. The molecular weight excluding hydrogens is 254 g/mol. The van der Waals surface area contributed by atoms with Crippen molar-refractivity contribution in [1.29, 1.82) is 0 Å². The smallest absolute Gasteiger partial charge is 0.231 e. The maximum Gasteiger partial charge on any atom is 0.231 e. The van der Waals surface area contributed by atoms with Crippen LogP contribution in [0.3, 0.4) is 0 Å². The number of nitrogens with two attached hydrogens (primary N) is 2. The van der Waals surface area contributed by atoms with Crippen molar-refractivity contribution in [3.63, 3.8) is 0 Å². The zero-order chi connectivity index (χ0) is 14.8. The van der Waals surface area contributed by atoms with Gasteiger partial charge >= 0.3 is 0 Å². The van der Waals surface area contributed by atoms with Crippen molar-refractivity contribution in [2.24, 2.45) is 16.9 Å². The largest absolute Gasteiger partial charge is 0.369 e. The lowest BCUT2D eigenvalue weighted by molar-refractivity contribution is -0.132. The fraction of sp³-hybridized carbons (Fsp3) is 0.467. The van der Waals surface area contributed by atoms with Crippen LogP contribution in [0, 0.1) is 5.41 Å². The van der Waals surface area contributed by atoms with E-state index >= 15 is 0 Å². The Morgan fingerprint density at radius 1 is 1.35 bits per heavy atom. The fourth-order valence-electron chi connectivity index (χ4n) is 2.64. The minimum absolute atomic E-state index is 0.0244. The Bertz CT molecular complexity index is 503. The van der Waals surface area contributed by atoms with E-state index in [-0.39, 0.29) is 24.3 Å². The Kier molecular flexibility index (Phi) is 4.09. The lowest BCUT2D eigenvalue weighted by Crippen LogP contribution is -2.41. The molecule has 1 heterocycles. The monoisotopic (exact) mass is 275 g/mol. The van der Waals surface area contributed by atoms with Gasteiger partial charge in [0.25, 0.3) is 0 Å². The van der Waals surface area contributed by atoms with Crippen LogP contribution in [0.2, 0.25) is 0 Å². The van der Waals surface area contributed by atoms with E-state index in [9.17, 15) is 9.59 Å². The summed E-state index contributed by atoms with van der Waals surface area (Å²) in [6.45, 7) is 3.00. The van der Waals surface area contributed by atoms with Crippen LogP contribution in [0.4, 0.5) is 0 Å². The summed E-state index contributed by atoms with van der Waals surface area (Å²) in [5, 5.41) is 0. The first kappa shape index (κ1) is 14.5. The number of hydrogen-bond donors (Lipinski definition) is 2. The van der Waals surface area contributed by atoms with Crippen LogP contribution in [0.5, 0.6) is 0 Å². The van der Waals surface area contributed by atoms with Crippen LogP contribution in [-0.4, -0.2) is 36.3 Å². The maximum atomic E-state index is 12.6. The normalized spacial score (nSPS) is 23.6. The molecular formula is C15H21N3O2. The molecule has 1 aromatic rings. The van der Waals surface area contributed by atoms with E-state index in [2.05, 4.69) is 0 Å². The van der Waals surface area contributed by atoms with Gasteiger partial charge < -0.3 is 16.4 Å². The van der Waals surface area contributed by atoms with Crippen molar-refractivity contribution in [2.45, 2.75) is 19.3 Å². The van der Waals surface area contributed by atoms with Gasteiger partial charge in [0, 0.05) is 19.6 Å². The molecule has 0 bridgehead atoms. The summed E-state index contributed by atoms with van der Waals surface area (Å²) in [6, 6.07) is 9.49. The molecule has 4 N–H and O–H groups in total. The quantitative estimate of drug-likeness (QED) is 0.836. The second kappa shape index (κ2) is 5.63. The molecule has 0 aliphatic carbocycles. The molecule has 2 unspecified atom stereocenters. The molecule has 0 aromatic heterocycles. The van der Waals surface area contributed by atoms with Crippen LogP contribution in [0.1, 0.15) is 24.8 Å². The summed E-state index contributed by atoms with van der Waals surface area (Å²) < 4.78 is 0. The number of hydrogen-bond acceptors (Lipinski definition) is 3. The lowest BCUT2D eigenvalue weighted by atomic mass is 9.89. The lowest BCUT2D eigenvalue weighted by Gasteiger charge is -2.25. The Morgan fingerprint density at radius 2 is 2.00 bits per heavy atom. The number of carbonyl (C=O) groups excluding carboxylic acids is 2. The standard InChI is InChI=1S/C15H21N3O2/c1-15(14(17)20)7-8-18(10-15)13(19)12(9-16)11-5-3-2-4-6-11/h2-6,12H,7-10,16H2,1H3,(H2,17,20).